The number of methoxy groups -OCH3 is 1. The Morgan fingerprint density at radius 2 is 1.78 bits per heavy atom. The number of rotatable bonds is 4. The van der Waals surface area contributed by atoms with E-state index in [1.165, 1.54) is 7.11 Å². The van der Waals surface area contributed by atoms with Crippen LogP contribution in [0, 0.1) is 26.7 Å². The highest BCUT2D eigenvalue weighted by atomic mass is 32.1. The molecule has 1 aliphatic heterocycles. The van der Waals surface area contributed by atoms with Crippen molar-refractivity contribution < 1.29 is 14.3 Å². The van der Waals surface area contributed by atoms with Crippen LogP contribution >= 0.6 is 11.3 Å². The smallest absolute Gasteiger partial charge is 0.350 e. The molecule has 0 aliphatic carbocycles. The van der Waals surface area contributed by atoms with E-state index in [4.69, 9.17) is 4.74 Å². The number of nitrogens with zero attached hydrogens (tertiary/aromatic N) is 4. The van der Waals surface area contributed by atoms with Gasteiger partial charge in [-0.15, -0.1) is 0 Å². The molecule has 1 saturated heterocycles. The van der Waals surface area contributed by atoms with Crippen molar-refractivity contribution in [3.8, 4) is 0 Å². The van der Waals surface area contributed by atoms with Crippen LogP contribution in [0.2, 0.25) is 0 Å². The van der Waals surface area contributed by atoms with E-state index in [2.05, 4.69) is 25.2 Å². The van der Waals surface area contributed by atoms with E-state index in [1.807, 2.05) is 19.9 Å². The van der Waals surface area contributed by atoms with Crippen molar-refractivity contribution in [3.05, 3.63) is 28.0 Å². The number of anilines is 2. The van der Waals surface area contributed by atoms with Crippen molar-refractivity contribution >= 4 is 34.3 Å². The van der Waals surface area contributed by atoms with Crippen LogP contribution in [0.4, 0.5) is 11.1 Å². The van der Waals surface area contributed by atoms with E-state index < -0.39 is 5.97 Å². The number of aromatic nitrogens is 3. The van der Waals surface area contributed by atoms with Crippen LogP contribution < -0.4 is 10.2 Å². The predicted molar refractivity (Wildman–Crippen MR) is 103 cm³/mol. The molecule has 1 aliphatic rings. The summed E-state index contributed by atoms with van der Waals surface area (Å²) in [6.07, 6.45) is 1.44. The summed E-state index contributed by atoms with van der Waals surface area (Å²) in [7, 11) is 1.33. The third-order valence-electron chi connectivity index (χ3n) is 4.52. The Labute approximate surface area is 162 Å². The van der Waals surface area contributed by atoms with Crippen molar-refractivity contribution in [2.45, 2.75) is 33.6 Å². The lowest BCUT2D eigenvalue weighted by atomic mass is 9.96. The van der Waals surface area contributed by atoms with Gasteiger partial charge in [0.05, 0.1) is 12.8 Å². The maximum absolute atomic E-state index is 12.6. The van der Waals surface area contributed by atoms with E-state index in [0.717, 1.165) is 54.6 Å². The minimum atomic E-state index is -0.438. The van der Waals surface area contributed by atoms with Crippen LogP contribution in [0.1, 0.15) is 39.6 Å². The Bertz CT molecular complexity index is 838. The Balaban J connectivity index is 1.59. The molecular formula is C18H23N5O3S. The quantitative estimate of drug-likeness (QED) is 0.802. The van der Waals surface area contributed by atoms with Gasteiger partial charge in [0.1, 0.15) is 4.88 Å². The summed E-state index contributed by atoms with van der Waals surface area (Å²) in [5.41, 5.74) is 2.44. The predicted octanol–water partition coefficient (Wildman–Crippen LogP) is 2.50. The summed E-state index contributed by atoms with van der Waals surface area (Å²) in [6, 6.07) is 1.95. The van der Waals surface area contributed by atoms with Gasteiger partial charge < -0.3 is 15.0 Å². The molecule has 2 aromatic heterocycles. The number of hydrogen-bond acceptors (Lipinski definition) is 8. The number of carbonyl (C=O) groups is 2. The Morgan fingerprint density at radius 3 is 2.37 bits per heavy atom. The van der Waals surface area contributed by atoms with Gasteiger partial charge in [-0.25, -0.2) is 19.7 Å². The number of nitrogens with one attached hydrogen (secondary N) is 1. The van der Waals surface area contributed by atoms with E-state index in [0.29, 0.717) is 15.7 Å². The Kier molecular flexibility index (Phi) is 5.69. The van der Waals surface area contributed by atoms with Crippen molar-refractivity contribution in [3.63, 3.8) is 0 Å². The molecule has 0 aromatic carbocycles. The lowest BCUT2D eigenvalue weighted by Crippen LogP contribution is -2.39. The molecule has 0 saturated carbocycles. The van der Waals surface area contributed by atoms with Gasteiger partial charge in [-0.2, -0.15) is 0 Å². The largest absolute Gasteiger partial charge is 0.465 e. The zero-order valence-electron chi connectivity index (χ0n) is 15.9. The van der Waals surface area contributed by atoms with Gasteiger partial charge in [-0.05, 0) is 39.7 Å². The molecule has 9 heteroatoms. The summed E-state index contributed by atoms with van der Waals surface area (Å²) in [5, 5.41) is 3.26. The highest BCUT2D eigenvalue weighted by Crippen LogP contribution is 2.26. The highest BCUT2D eigenvalue weighted by Gasteiger charge is 2.27. The average Bonchev–Trinajstić information content (AvgIpc) is 3.00. The maximum atomic E-state index is 12.6. The van der Waals surface area contributed by atoms with Gasteiger partial charge >= 0.3 is 5.97 Å². The Morgan fingerprint density at radius 1 is 1.15 bits per heavy atom. The van der Waals surface area contributed by atoms with Gasteiger partial charge in [0.25, 0.3) is 0 Å². The minimum absolute atomic E-state index is 0.0684. The molecule has 0 radical (unpaired) electrons. The number of carbonyl (C=O) groups excluding carboxylic acids is 2. The molecule has 27 heavy (non-hydrogen) atoms. The third-order valence-corrected chi connectivity index (χ3v) is 5.57. The van der Waals surface area contributed by atoms with Gasteiger partial charge in [-0.1, -0.05) is 11.3 Å². The number of esters is 1. The van der Waals surface area contributed by atoms with Crippen LogP contribution in [-0.2, 0) is 9.53 Å². The fourth-order valence-electron chi connectivity index (χ4n) is 3.13. The lowest BCUT2D eigenvalue weighted by molar-refractivity contribution is -0.120. The van der Waals surface area contributed by atoms with Crippen LogP contribution in [0.5, 0.6) is 0 Å². The van der Waals surface area contributed by atoms with Crippen LogP contribution in [0.15, 0.2) is 6.07 Å². The first-order chi connectivity index (χ1) is 12.9. The topological polar surface area (TPSA) is 97.3 Å². The molecule has 0 bridgehead atoms. The number of aryl methyl sites for hydroxylation is 3. The number of thiazole rings is 1. The zero-order chi connectivity index (χ0) is 19.6. The summed E-state index contributed by atoms with van der Waals surface area (Å²) < 4.78 is 4.72. The molecule has 0 unspecified atom stereocenters. The summed E-state index contributed by atoms with van der Waals surface area (Å²) >= 11 is 1.14. The number of ether oxygens (including phenoxy) is 1. The monoisotopic (exact) mass is 389 g/mol. The number of amides is 1. The lowest BCUT2D eigenvalue weighted by Gasteiger charge is -2.31. The fraction of sp³-hybridized carbons (Fsp3) is 0.500. The van der Waals surface area contributed by atoms with Crippen molar-refractivity contribution in [2.24, 2.45) is 5.92 Å². The maximum Gasteiger partial charge on any atom is 0.350 e. The molecule has 144 valence electrons. The molecule has 1 amide bonds. The van der Waals surface area contributed by atoms with Crippen molar-refractivity contribution in [1.29, 1.82) is 0 Å². The zero-order valence-corrected chi connectivity index (χ0v) is 16.7. The van der Waals surface area contributed by atoms with Gasteiger partial charge in [0.2, 0.25) is 11.9 Å². The van der Waals surface area contributed by atoms with E-state index in [1.54, 1.807) is 6.92 Å². The number of piperidine rings is 1. The van der Waals surface area contributed by atoms with E-state index in [-0.39, 0.29) is 11.8 Å². The van der Waals surface area contributed by atoms with Crippen LogP contribution in [-0.4, -0.2) is 47.0 Å². The summed E-state index contributed by atoms with van der Waals surface area (Å²) in [5.74, 6) is 0.121. The molecular weight excluding hydrogens is 366 g/mol. The second-order valence-corrected chi connectivity index (χ2v) is 7.63. The SMILES string of the molecule is COC(=O)c1sc(NC(=O)C2CCN(c3nc(C)cc(C)n3)CC2)nc1C. The molecule has 3 rings (SSSR count). The minimum Gasteiger partial charge on any atom is -0.465 e. The standard InChI is InChI=1S/C18H23N5O3S/c1-10-9-11(2)20-17(19-10)23-7-5-13(6-8-23)15(24)22-18-21-12(3)14(27-18)16(25)26-4/h9,13H,5-8H2,1-4H3,(H,21,22,24). The van der Waals surface area contributed by atoms with Crippen LogP contribution in [0.25, 0.3) is 0 Å². The average molecular weight is 389 g/mol. The van der Waals surface area contributed by atoms with Crippen LogP contribution in [0.3, 0.4) is 0 Å². The third kappa shape index (κ3) is 4.41. The second-order valence-electron chi connectivity index (χ2n) is 6.63. The molecule has 1 N–H and O–H groups in total. The molecule has 0 spiro atoms. The normalized spacial score (nSPS) is 14.9. The van der Waals surface area contributed by atoms with E-state index in [9.17, 15) is 9.59 Å². The first kappa shape index (κ1) is 19.2. The van der Waals surface area contributed by atoms with Gasteiger partial charge in [0, 0.05) is 30.4 Å². The molecule has 0 atom stereocenters. The first-order valence-electron chi connectivity index (χ1n) is 8.81. The van der Waals surface area contributed by atoms with Gasteiger partial charge in [0.15, 0.2) is 5.13 Å². The molecule has 3 heterocycles. The second kappa shape index (κ2) is 7.99. The van der Waals surface area contributed by atoms with Crippen molar-refractivity contribution in [1.82, 2.24) is 15.0 Å². The van der Waals surface area contributed by atoms with Crippen molar-refractivity contribution in [2.75, 3.05) is 30.4 Å². The first-order valence-corrected chi connectivity index (χ1v) is 9.63. The highest BCUT2D eigenvalue weighted by molar-refractivity contribution is 7.17. The van der Waals surface area contributed by atoms with E-state index >= 15 is 0 Å². The molecule has 1 fully saturated rings. The molecule has 2 aromatic rings. The molecule has 8 nitrogen and oxygen atoms in total. The number of hydrogen-bond donors (Lipinski definition) is 1. The fourth-order valence-corrected chi connectivity index (χ4v) is 4.02. The van der Waals surface area contributed by atoms with Gasteiger partial charge in [-0.3, -0.25) is 4.79 Å². The summed E-state index contributed by atoms with van der Waals surface area (Å²) in [4.78, 5) is 40.0. The Hall–Kier alpha value is -2.55. The summed E-state index contributed by atoms with van der Waals surface area (Å²) in [6.45, 7) is 7.09.